The fourth-order valence-corrected chi connectivity index (χ4v) is 3.09. The zero-order valence-electron chi connectivity index (χ0n) is 11.2. The number of nitrogens with zero attached hydrogens (tertiary/aromatic N) is 3. The Kier molecular flexibility index (Phi) is 3.15. The van der Waals surface area contributed by atoms with Crippen LogP contribution < -0.4 is 15.4 Å². The van der Waals surface area contributed by atoms with Gasteiger partial charge in [0.2, 0.25) is 10.0 Å². The van der Waals surface area contributed by atoms with Crippen LogP contribution in [-0.2, 0) is 10.0 Å². The highest BCUT2D eigenvalue weighted by molar-refractivity contribution is 7.89. The maximum absolute atomic E-state index is 11.6. The third kappa shape index (κ3) is 2.37. The number of nitrogens with two attached hydrogens (primary N) is 1. The third-order valence-corrected chi connectivity index (χ3v) is 4.39. The van der Waals surface area contributed by atoms with Crippen LogP contribution in [0.1, 0.15) is 6.92 Å². The topological polar surface area (TPSA) is 92.7 Å². The first kappa shape index (κ1) is 13.3. The van der Waals surface area contributed by atoms with Crippen molar-refractivity contribution >= 4 is 21.2 Å². The number of fused-ring (bicyclic) bond motifs is 1. The minimum Gasteiger partial charge on any atom is -0.367 e. The van der Waals surface area contributed by atoms with Crippen molar-refractivity contribution < 1.29 is 8.42 Å². The number of imidazole rings is 1. The van der Waals surface area contributed by atoms with Crippen LogP contribution in [0.5, 0.6) is 0 Å². The number of sulfonamides is 1. The van der Waals surface area contributed by atoms with E-state index >= 15 is 0 Å². The molecule has 1 fully saturated rings. The lowest BCUT2D eigenvalue weighted by molar-refractivity contribution is 0.485. The summed E-state index contributed by atoms with van der Waals surface area (Å²) in [6.45, 7) is 4.60. The number of hydrogen-bond acceptors (Lipinski definition) is 5. The van der Waals surface area contributed by atoms with Crippen LogP contribution in [0.15, 0.2) is 29.7 Å². The Balaban J connectivity index is 2.15. The summed E-state index contributed by atoms with van der Waals surface area (Å²) in [5.74, 6) is 0. The number of anilines is 1. The van der Waals surface area contributed by atoms with Gasteiger partial charge in [-0.25, -0.2) is 18.5 Å². The van der Waals surface area contributed by atoms with Crippen LogP contribution in [0.4, 0.5) is 5.69 Å². The summed E-state index contributed by atoms with van der Waals surface area (Å²) in [4.78, 5) is 6.34. The lowest BCUT2D eigenvalue weighted by atomic mass is 10.2. The maximum Gasteiger partial charge on any atom is 0.239 e. The van der Waals surface area contributed by atoms with Crippen LogP contribution in [0.2, 0.25) is 0 Å². The molecule has 0 saturated carbocycles. The van der Waals surface area contributed by atoms with E-state index in [1.807, 2.05) is 0 Å². The molecule has 0 aromatic carbocycles. The Morgan fingerprint density at radius 2 is 2.30 bits per heavy atom. The van der Waals surface area contributed by atoms with Gasteiger partial charge < -0.3 is 14.6 Å². The van der Waals surface area contributed by atoms with E-state index in [-0.39, 0.29) is 4.90 Å². The molecule has 2 aromatic rings. The largest absolute Gasteiger partial charge is 0.367 e. The minimum absolute atomic E-state index is 0.101. The van der Waals surface area contributed by atoms with Crippen molar-refractivity contribution in [2.24, 2.45) is 5.14 Å². The number of piperazine rings is 1. The summed E-state index contributed by atoms with van der Waals surface area (Å²) in [7, 11) is -3.74. The molecule has 20 heavy (non-hydrogen) atoms. The summed E-state index contributed by atoms with van der Waals surface area (Å²) < 4.78 is 24.9. The molecule has 1 unspecified atom stereocenters. The minimum atomic E-state index is -3.74. The van der Waals surface area contributed by atoms with Gasteiger partial charge in [-0.05, 0) is 13.0 Å². The summed E-state index contributed by atoms with van der Waals surface area (Å²) in [5, 5.41) is 8.61. The van der Waals surface area contributed by atoms with Crippen LogP contribution >= 0.6 is 0 Å². The van der Waals surface area contributed by atoms with E-state index in [4.69, 9.17) is 5.14 Å². The summed E-state index contributed by atoms with van der Waals surface area (Å²) in [6, 6.07) is 1.98. The molecule has 7 nitrogen and oxygen atoms in total. The molecule has 0 radical (unpaired) electrons. The van der Waals surface area contributed by atoms with E-state index in [1.54, 1.807) is 23.0 Å². The monoisotopic (exact) mass is 295 g/mol. The van der Waals surface area contributed by atoms with Gasteiger partial charge in [0.25, 0.3) is 0 Å². The van der Waals surface area contributed by atoms with Crippen molar-refractivity contribution in [1.29, 1.82) is 0 Å². The Morgan fingerprint density at radius 3 is 3.00 bits per heavy atom. The average molecular weight is 295 g/mol. The number of nitrogens with one attached hydrogen (secondary N) is 1. The molecule has 2 aromatic heterocycles. The molecule has 3 rings (SSSR count). The number of aromatic nitrogens is 2. The molecule has 1 atom stereocenters. The Morgan fingerprint density at radius 1 is 1.50 bits per heavy atom. The number of primary sulfonamides is 1. The molecule has 1 aliphatic rings. The van der Waals surface area contributed by atoms with Gasteiger partial charge >= 0.3 is 0 Å². The number of pyridine rings is 1. The van der Waals surface area contributed by atoms with Crippen molar-refractivity contribution in [2.75, 3.05) is 24.5 Å². The van der Waals surface area contributed by atoms with Crippen LogP contribution in [0.25, 0.3) is 5.52 Å². The van der Waals surface area contributed by atoms with Gasteiger partial charge in [-0.2, -0.15) is 0 Å². The predicted molar refractivity (Wildman–Crippen MR) is 76.2 cm³/mol. The first-order valence-electron chi connectivity index (χ1n) is 6.42. The molecule has 3 N–H and O–H groups in total. The van der Waals surface area contributed by atoms with Crippen LogP contribution in [0.3, 0.4) is 0 Å². The van der Waals surface area contributed by atoms with E-state index < -0.39 is 10.0 Å². The lowest BCUT2D eigenvalue weighted by Gasteiger charge is -2.34. The zero-order valence-corrected chi connectivity index (χ0v) is 12.0. The molecular formula is C12H17N5O2S. The SMILES string of the molecule is CC1CN(c2cc(S(N)(=O)=O)cn3cncc23)CCN1. The Hall–Kier alpha value is -1.64. The molecular weight excluding hydrogens is 278 g/mol. The second-order valence-electron chi connectivity index (χ2n) is 5.09. The van der Waals surface area contributed by atoms with Gasteiger partial charge in [-0.1, -0.05) is 0 Å². The van der Waals surface area contributed by atoms with Gasteiger partial charge in [0.15, 0.2) is 0 Å². The molecule has 3 heterocycles. The Bertz CT molecular complexity index is 739. The second kappa shape index (κ2) is 4.72. The maximum atomic E-state index is 11.6. The van der Waals surface area contributed by atoms with Crippen molar-refractivity contribution in [3.8, 4) is 0 Å². The summed E-state index contributed by atoms with van der Waals surface area (Å²) >= 11 is 0. The molecule has 1 aliphatic heterocycles. The zero-order chi connectivity index (χ0) is 14.3. The molecule has 0 bridgehead atoms. The molecule has 0 amide bonds. The Labute approximate surface area is 117 Å². The highest BCUT2D eigenvalue weighted by Crippen LogP contribution is 2.25. The first-order chi connectivity index (χ1) is 9.45. The summed E-state index contributed by atoms with van der Waals surface area (Å²) in [5.41, 5.74) is 1.73. The second-order valence-corrected chi connectivity index (χ2v) is 6.65. The van der Waals surface area contributed by atoms with E-state index in [2.05, 4.69) is 22.1 Å². The number of rotatable bonds is 2. The highest BCUT2D eigenvalue weighted by atomic mass is 32.2. The number of hydrogen-bond donors (Lipinski definition) is 2. The molecule has 108 valence electrons. The van der Waals surface area contributed by atoms with Gasteiger partial charge in [-0.3, -0.25) is 0 Å². The van der Waals surface area contributed by atoms with Gasteiger partial charge in [0.1, 0.15) is 4.90 Å². The third-order valence-electron chi connectivity index (χ3n) is 3.51. The molecule has 0 spiro atoms. The quantitative estimate of drug-likeness (QED) is 0.799. The summed E-state index contributed by atoms with van der Waals surface area (Å²) in [6.07, 6.45) is 4.81. The smallest absolute Gasteiger partial charge is 0.239 e. The van der Waals surface area contributed by atoms with E-state index in [0.29, 0.717) is 6.04 Å². The fraction of sp³-hybridized carbons (Fsp3) is 0.417. The van der Waals surface area contributed by atoms with E-state index in [1.165, 1.54) is 6.20 Å². The molecule has 8 heteroatoms. The van der Waals surface area contributed by atoms with E-state index in [9.17, 15) is 8.42 Å². The van der Waals surface area contributed by atoms with Gasteiger partial charge in [0, 0.05) is 31.9 Å². The van der Waals surface area contributed by atoms with Crippen LogP contribution in [0, 0.1) is 0 Å². The van der Waals surface area contributed by atoms with Crippen molar-refractivity contribution in [1.82, 2.24) is 14.7 Å². The van der Waals surface area contributed by atoms with Crippen molar-refractivity contribution in [3.05, 3.63) is 24.8 Å². The first-order valence-corrected chi connectivity index (χ1v) is 7.96. The van der Waals surface area contributed by atoms with Crippen molar-refractivity contribution in [2.45, 2.75) is 17.9 Å². The standard InChI is InChI=1S/C12H17N5O2S/c1-9-6-16(3-2-15-9)11-4-10(20(13,18)19)7-17-8-14-5-12(11)17/h4-5,7-9,15H,2-3,6H2,1H3,(H2,13,18,19). The van der Waals surface area contributed by atoms with E-state index in [0.717, 1.165) is 30.8 Å². The normalized spacial score (nSPS) is 20.5. The average Bonchev–Trinajstić information content (AvgIpc) is 2.84. The van der Waals surface area contributed by atoms with Crippen LogP contribution in [-0.4, -0.2) is 43.5 Å². The van der Waals surface area contributed by atoms with Gasteiger partial charge in [-0.15, -0.1) is 0 Å². The fourth-order valence-electron chi connectivity index (χ4n) is 2.55. The lowest BCUT2D eigenvalue weighted by Crippen LogP contribution is -2.49. The predicted octanol–water partition coefficient (Wildman–Crippen LogP) is -0.220. The molecule has 1 saturated heterocycles. The molecule has 0 aliphatic carbocycles. The van der Waals surface area contributed by atoms with Crippen molar-refractivity contribution in [3.63, 3.8) is 0 Å². The van der Waals surface area contributed by atoms with Gasteiger partial charge in [0.05, 0.1) is 23.7 Å². The highest BCUT2D eigenvalue weighted by Gasteiger charge is 2.21.